The maximum Gasteiger partial charge on any atom is 0.124 e. The fraction of sp³-hybridized carbons (Fsp3) is 0.273. The van der Waals surface area contributed by atoms with Crippen molar-refractivity contribution in [2.24, 2.45) is 0 Å². The van der Waals surface area contributed by atoms with Crippen LogP contribution in [-0.4, -0.2) is 31.3 Å². The lowest BCUT2D eigenvalue weighted by molar-refractivity contribution is 0.292. The summed E-state index contributed by atoms with van der Waals surface area (Å²) in [5, 5.41) is 18.9. The van der Waals surface area contributed by atoms with Crippen LogP contribution in [0.3, 0.4) is 0 Å². The van der Waals surface area contributed by atoms with Crippen molar-refractivity contribution < 1.29 is 9.84 Å². The highest BCUT2D eigenvalue weighted by Crippen LogP contribution is 2.31. The molecule has 3 rings (SSSR count). The predicted molar refractivity (Wildman–Crippen MR) is 116 cm³/mol. The molecule has 0 aliphatic heterocycles. The zero-order valence-electron chi connectivity index (χ0n) is 15.6. The molecule has 0 saturated heterocycles. The molecule has 0 radical (unpaired) electrons. The average Bonchev–Trinajstić information content (AvgIpc) is 2.71. The first-order valence-corrected chi connectivity index (χ1v) is 10.0. The minimum Gasteiger partial charge on any atom is -0.488 e. The lowest BCUT2D eigenvalue weighted by atomic mass is 10.0. The molecular weight excluding hydrogens is 395 g/mol. The number of fused-ring (bicyclic) bond motifs is 1. The van der Waals surface area contributed by atoms with Gasteiger partial charge in [-0.15, -0.1) is 0 Å². The summed E-state index contributed by atoms with van der Waals surface area (Å²) in [6, 6.07) is 17.8. The van der Waals surface area contributed by atoms with E-state index in [1.54, 1.807) is 0 Å². The van der Waals surface area contributed by atoms with E-state index in [1.165, 1.54) is 5.39 Å². The minimum atomic E-state index is 0.145. The molecule has 6 heteroatoms. The molecule has 28 heavy (non-hydrogen) atoms. The van der Waals surface area contributed by atoms with Gasteiger partial charge in [0.05, 0.1) is 6.61 Å². The molecule has 0 heterocycles. The van der Waals surface area contributed by atoms with Crippen LogP contribution in [0.1, 0.15) is 11.1 Å². The van der Waals surface area contributed by atoms with Gasteiger partial charge in [-0.3, -0.25) is 0 Å². The van der Waals surface area contributed by atoms with E-state index in [9.17, 15) is 0 Å². The summed E-state index contributed by atoms with van der Waals surface area (Å²) in [4.78, 5) is 0. The van der Waals surface area contributed by atoms with Crippen LogP contribution in [0.2, 0.25) is 10.0 Å². The van der Waals surface area contributed by atoms with Crippen LogP contribution < -0.4 is 15.4 Å². The average molecular weight is 419 g/mol. The number of hydrogen-bond donors (Lipinski definition) is 3. The van der Waals surface area contributed by atoms with Gasteiger partial charge in [-0.05, 0) is 29.0 Å². The van der Waals surface area contributed by atoms with Gasteiger partial charge in [0.1, 0.15) is 12.4 Å². The maximum atomic E-state index is 8.83. The molecule has 3 aromatic carbocycles. The molecule has 0 fully saturated rings. The number of aliphatic hydroxyl groups excluding tert-OH is 1. The molecule has 0 saturated carbocycles. The van der Waals surface area contributed by atoms with E-state index in [0.717, 1.165) is 35.4 Å². The molecule has 4 nitrogen and oxygen atoms in total. The van der Waals surface area contributed by atoms with Crippen molar-refractivity contribution in [2.45, 2.75) is 13.2 Å². The van der Waals surface area contributed by atoms with Crippen LogP contribution >= 0.6 is 23.2 Å². The van der Waals surface area contributed by atoms with Crippen molar-refractivity contribution in [2.75, 3.05) is 26.2 Å². The Labute approximate surface area is 175 Å². The standard InChI is InChI=1S/C22H24Cl2N2O2/c23-20-6-3-7-21(24)19(20)15-28-22-9-8-16-4-1-2-5-17(16)18(22)14-26-11-10-25-12-13-27/h1-9,25-27H,10-15H2. The van der Waals surface area contributed by atoms with Gasteiger partial charge in [0, 0.05) is 47.4 Å². The van der Waals surface area contributed by atoms with E-state index in [2.05, 4.69) is 28.8 Å². The number of nitrogens with one attached hydrogen (secondary N) is 2. The van der Waals surface area contributed by atoms with Crippen LogP contribution in [0, 0.1) is 0 Å². The normalized spacial score (nSPS) is 11.1. The van der Waals surface area contributed by atoms with Crippen LogP contribution in [0.4, 0.5) is 0 Å². The quantitative estimate of drug-likeness (QED) is 0.427. The van der Waals surface area contributed by atoms with Gasteiger partial charge < -0.3 is 20.5 Å². The first-order valence-electron chi connectivity index (χ1n) is 9.29. The van der Waals surface area contributed by atoms with Crippen LogP contribution in [0.15, 0.2) is 54.6 Å². The van der Waals surface area contributed by atoms with Gasteiger partial charge in [0.2, 0.25) is 0 Å². The summed E-state index contributed by atoms with van der Waals surface area (Å²) in [6.07, 6.45) is 0. The van der Waals surface area contributed by atoms with Crippen LogP contribution in [0.5, 0.6) is 5.75 Å². The largest absolute Gasteiger partial charge is 0.488 e. The van der Waals surface area contributed by atoms with Gasteiger partial charge in [-0.1, -0.05) is 59.6 Å². The summed E-state index contributed by atoms with van der Waals surface area (Å²) in [6.45, 7) is 3.31. The van der Waals surface area contributed by atoms with Crippen molar-refractivity contribution in [1.29, 1.82) is 0 Å². The fourth-order valence-corrected chi connectivity index (χ4v) is 3.55. The number of rotatable bonds is 10. The van der Waals surface area contributed by atoms with Crippen LogP contribution in [-0.2, 0) is 13.2 Å². The lowest BCUT2D eigenvalue weighted by Gasteiger charge is -2.16. The van der Waals surface area contributed by atoms with Gasteiger partial charge in [-0.25, -0.2) is 0 Å². The molecule has 0 aromatic heterocycles. The fourth-order valence-electron chi connectivity index (χ4n) is 3.05. The molecule has 0 atom stereocenters. The second-order valence-electron chi connectivity index (χ2n) is 6.40. The molecule has 0 aliphatic rings. The first-order chi connectivity index (χ1) is 13.7. The number of halogens is 2. The van der Waals surface area contributed by atoms with E-state index >= 15 is 0 Å². The van der Waals surface area contributed by atoms with Crippen molar-refractivity contribution in [3.05, 3.63) is 75.8 Å². The lowest BCUT2D eigenvalue weighted by Crippen LogP contribution is -2.29. The minimum absolute atomic E-state index is 0.145. The number of benzene rings is 3. The number of ether oxygens (including phenoxy) is 1. The molecule has 0 unspecified atom stereocenters. The second-order valence-corrected chi connectivity index (χ2v) is 7.22. The Morgan fingerprint density at radius 2 is 1.54 bits per heavy atom. The van der Waals surface area contributed by atoms with E-state index in [4.69, 9.17) is 33.0 Å². The number of hydrogen-bond acceptors (Lipinski definition) is 4. The highest BCUT2D eigenvalue weighted by molar-refractivity contribution is 6.35. The Hall–Kier alpha value is -1.82. The third kappa shape index (κ3) is 5.37. The monoisotopic (exact) mass is 418 g/mol. The summed E-state index contributed by atoms with van der Waals surface area (Å²) in [5.41, 5.74) is 1.88. The number of aliphatic hydroxyl groups is 1. The zero-order valence-corrected chi connectivity index (χ0v) is 17.1. The Morgan fingerprint density at radius 3 is 2.32 bits per heavy atom. The van der Waals surface area contributed by atoms with Crippen molar-refractivity contribution in [3.63, 3.8) is 0 Å². The smallest absolute Gasteiger partial charge is 0.124 e. The summed E-state index contributed by atoms with van der Waals surface area (Å²) in [5.74, 6) is 0.811. The highest BCUT2D eigenvalue weighted by Gasteiger charge is 2.11. The SMILES string of the molecule is OCCNCCNCc1c(OCc2c(Cl)cccc2Cl)ccc2ccccc12. The van der Waals surface area contributed by atoms with E-state index in [1.807, 2.05) is 36.4 Å². The molecule has 3 aromatic rings. The first kappa shape index (κ1) is 20.9. The van der Waals surface area contributed by atoms with Gasteiger partial charge in [0.25, 0.3) is 0 Å². The highest BCUT2D eigenvalue weighted by atomic mass is 35.5. The summed E-state index contributed by atoms with van der Waals surface area (Å²) < 4.78 is 6.13. The second kappa shape index (κ2) is 10.6. The van der Waals surface area contributed by atoms with E-state index in [0.29, 0.717) is 29.7 Å². The van der Waals surface area contributed by atoms with Crippen molar-refractivity contribution in [1.82, 2.24) is 10.6 Å². The van der Waals surface area contributed by atoms with E-state index in [-0.39, 0.29) is 6.61 Å². The van der Waals surface area contributed by atoms with Gasteiger partial charge in [0.15, 0.2) is 0 Å². The summed E-state index contributed by atoms with van der Waals surface area (Å²) in [7, 11) is 0. The Balaban J connectivity index is 1.77. The van der Waals surface area contributed by atoms with E-state index < -0.39 is 0 Å². The Kier molecular flexibility index (Phi) is 7.95. The molecule has 148 valence electrons. The third-order valence-electron chi connectivity index (χ3n) is 4.50. The predicted octanol–water partition coefficient (Wildman–Crippen LogP) is 4.40. The van der Waals surface area contributed by atoms with Crippen molar-refractivity contribution >= 4 is 34.0 Å². The molecular formula is C22H24Cl2N2O2. The maximum absolute atomic E-state index is 8.83. The molecule has 0 spiro atoms. The summed E-state index contributed by atoms with van der Waals surface area (Å²) >= 11 is 12.5. The van der Waals surface area contributed by atoms with Gasteiger partial charge in [-0.2, -0.15) is 0 Å². The van der Waals surface area contributed by atoms with Crippen LogP contribution in [0.25, 0.3) is 10.8 Å². The molecule has 0 amide bonds. The Bertz CT molecular complexity index is 898. The molecule has 3 N–H and O–H groups in total. The zero-order chi connectivity index (χ0) is 19.8. The topological polar surface area (TPSA) is 53.5 Å². The van der Waals surface area contributed by atoms with Gasteiger partial charge >= 0.3 is 0 Å². The molecule has 0 bridgehead atoms. The van der Waals surface area contributed by atoms with Crippen molar-refractivity contribution in [3.8, 4) is 5.75 Å². The Morgan fingerprint density at radius 1 is 0.786 bits per heavy atom. The molecule has 0 aliphatic carbocycles. The third-order valence-corrected chi connectivity index (χ3v) is 5.21.